The van der Waals surface area contributed by atoms with Gasteiger partial charge in [0.25, 0.3) is 0 Å². The lowest BCUT2D eigenvalue weighted by Crippen LogP contribution is -2.12. The molecule has 0 spiro atoms. The van der Waals surface area contributed by atoms with Crippen LogP contribution in [0.25, 0.3) is 0 Å². The van der Waals surface area contributed by atoms with Crippen molar-refractivity contribution >= 4 is 28.7 Å². The van der Waals surface area contributed by atoms with Crippen LogP contribution in [0.2, 0.25) is 0 Å². The SMILES string of the molecule is CSC(N)=NC1CCSC1. The van der Waals surface area contributed by atoms with E-state index in [9.17, 15) is 0 Å². The molecule has 2 nitrogen and oxygen atoms in total. The van der Waals surface area contributed by atoms with Gasteiger partial charge in [0, 0.05) is 5.75 Å². The van der Waals surface area contributed by atoms with Crippen LogP contribution in [0.1, 0.15) is 6.42 Å². The molecule has 1 aliphatic heterocycles. The van der Waals surface area contributed by atoms with Gasteiger partial charge in [-0.1, -0.05) is 11.8 Å². The summed E-state index contributed by atoms with van der Waals surface area (Å²) in [6.07, 6.45) is 3.16. The van der Waals surface area contributed by atoms with Crippen molar-refractivity contribution < 1.29 is 0 Å². The Kier molecular flexibility index (Phi) is 3.42. The van der Waals surface area contributed by atoms with E-state index in [0.29, 0.717) is 6.04 Å². The second kappa shape index (κ2) is 4.13. The van der Waals surface area contributed by atoms with Crippen LogP contribution in [0.15, 0.2) is 4.99 Å². The maximum absolute atomic E-state index is 5.56. The van der Waals surface area contributed by atoms with Gasteiger partial charge in [0.1, 0.15) is 0 Å². The number of rotatable bonds is 1. The van der Waals surface area contributed by atoms with Crippen molar-refractivity contribution in [3.8, 4) is 0 Å². The standard InChI is InChI=1S/C6H12N2S2/c1-9-6(7)8-5-2-3-10-4-5/h5H,2-4H2,1H3,(H2,7,8). The second-order valence-corrected chi connectivity index (χ2v) is 4.17. The Morgan fingerprint density at radius 1 is 1.80 bits per heavy atom. The summed E-state index contributed by atoms with van der Waals surface area (Å²) in [6.45, 7) is 0. The molecule has 2 N–H and O–H groups in total. The molecule has 1 rings (SSSR count). The molecule has 0 saturated carbocycles. The summed E-state index contributed by atoms with van der Waals surface area (Å²) in [5, 5.41) is 0.729. The summed E-state index contributed by atoms with van der Waals surface area (Å²) in [6, 6.07) is 0.498. The topological polar surface area (TPSA) is 38.4 Å². The molecule has 0 amide bonds. The summed E-state index contributed by atoms with van der Waals surface area (Å²) < 4.78 is 0. The zero-order chi connectivity index (χ0) is 7.40. The van der Waals surface area contributed by atoms with E-state index in [2.05, 4.69) is 4.99 Å². The van der Waals surface area contributed by atoms with Crippen LogP contribution in [0, 0.1) is 0 Å². The molecule has 0 aromatic carbocycles. The summed E-state index contributed by atoms with van der Waals surface area (Å²) in [5.74, 6) is 2.40. The van der Waals surface area contributed by atoms with Gasteiger partial charge in [-0.3, -0.25) is 4.99 Å². The van der Waals surface area contributed by atoms with Gasteiger partial charge in [-0.2, -0.15) is 11.8 Å². The fourth-order valence-corrected chi connectivity index (χ4v) is 2.23. The van der Waals surface area contributed by atoms with Gasteiger partial charge < -0.3 is 5.73 Å². The molecule has 58 valence electrons. The van der Waals surface area contributed by atoms with Gasteiger partial charge in [-0.15, -0.1) is 0 Å². The Balaban J connectivity index is 2.34. The second-order valence-electron chi connectivity index (χ2n) is 2.19. The Morgan fingerprint density at radius 2 is 2.60 bits per heavy atom. The van der Waals surface area contributed by atoms with Crippen LogP contribution in [-0.2, 0) is 0 Å². The number of aliphatic imine (C=N–C) groups is 1. The maximum atomic E-state index is 5.56. The maximum Gasteiger partial charge on any atom is 0.153 e. The van der Waals surface area contributed by atoms with Crippen LogP contribution in [-0.4, -0.2) is 29.0 Å². The van der Waals surface area contributed by atoms with Gasteiger partial charge in [0.2, 0.25) is 0 Å². The van der Waals surface area contributed by atoms with Crippen molar-refractivity contribution in [2.75, 3.05) is 17.8 Å². The predicted molar refractivity (Wildman–Crippen MR) is 50.9 cm³/mol. The molecule has 1 atom stereocenters. The quantitative estimate of drug-likeness (QED) is 0.481. The number of hydrogen-bond donors (Lipinski definition) is 1. The zero-order valence-corrected chi connectivity index (χ0v) is 7.67. The van der Waals surface area contributed by atoms with Crippen molar-refractivity contribution in [1.82, 2.24) is 0 Å². The molecule has 1 aliphatic rings. The van der Waals surface area contributed by atoms with E-state index in [1.807, 2.05) is 18.0 Å². The molecule has 4 heteroatoms. The largest absolute Gasteiger partial charge is 0.379 e. The first-order valence-electron chi connectivity index (χ1n) is 3.28. The first-order chi connectivity index (χ1) is 4.83. The number of nitrogens with zero attached hydrogens (tertiary/aromatic N) is 1. The van der Waals surface area contributed by atoms with Crippen molar-refractivity contribution in [1.29, 1.82) is 0 Å². The summed E-state index contributed by atoms with van der Waals surface area (Å²) in [4.78, 5) is 4.33. The average Bonchev–Trinajstić information content (AvgIpc) is 2.40. The van der Waals surface area contributed by atoms with Crippen LogP contribution in [0.4, 0.5) is 0 Å². The highest BCUT2D eigenvalue weighted by molar-refractivity contribution is 8.13. The van der Waals surface area contributed by atoms with E-state index < -0.39 is 0 Å². The van der Waals surface area contributed by atoms with Gasteiger partial charge in [-0.05, 0) is 18.4 Å². The van der Waals surface area contributed by atoms with Gasteiger partial charge in [0.15, 0.2) is 5.17 Å². The normalized spacial score (nSPS) is 27.3. The van der Waals surface area contributed by atoms with Crippen LogP contribution in [0.3, 0.4) is 0 Å². The highest BCUT2D eigenvalue weighted by Gasteiger charge is 2.13. The minimum absolute atomic E-state index is 0.498. The molecule has 10 heavy (non-hydrogen) atoms. The summed E-state index contributed by atoms with van der Waals surface area (Å²) in [7, 11) is 0. The van der Waals surface area contributed by atoms with Gasteiger partial charge in [-0.25, -0.2) is 0 Å². The Morgan fingerprint density at radius 3 is 3.10 bits per heavy atom. The van der Waals surface area contributed by atoms with Gasteiger partial charge >= 0.3 is 0 Å². The van der Waals surface area contributed by atoms with Crippen molar-refractivity contribution in [2.24, 2.45) is 10.7 Å². The molecular weight excluding hydrogens is 164 g/mol. The Hall–Kier alpha value is 0.170. The number of thioether (sulfide) groups is 2. The summed E-state index contributed by atoms with van der Waals surface area (Å²) in [5.41, 5.74) is 5.56. The average molecular weight is 176 g/mol. The molecule has 1 saturated heterocycles. The zero-order valence-electron chi connectivity index (χ0n) is 6.04. The molecule has 0 aromatic heterocycles. The Bertz CT molecular complexity index is 130. The highest BCUT2D eigenvalue weighted by atomic mass is 32.2. The predicted octanol–water partition coefficient (Wildman–Crippen LogP) is 1.17. The highest BCUT2D eigenvalue weighted by Crippen LogP contribution is 2.20. The Labute approximate surface area is 70.0 Å². The molecule has 1 heterocycles. The van der Waals surface area contributed by atoms with E-state index >= 15 is 0 Å². The third kappa shape index (κ3) is 2.42. The van der Waals surface area contributed by atoms with E-state index in [1.54, 1.807) is 0 Å². The number of hydrogen-bond acceptors (Lipinski definition) is 3. The van der Waals surface area contributed by atoms with Crippen LogP contribution >= 0.6 is 23.5 Å². The fourth-order valence-electron chi connectivity index (χ4n) is 0.857. The van der Waals surface area contributed by atoms with Gasteiger partial charge in [0.05, 0.1) is 6.04 Å². The van der Waals surface area contributed by atoms with E-state index in [4.69, 9.17) is 5.73 Å². The van der Waals surface area contributed by atoms with Crippen LogP contribution < -0.4 is 5.73 Å². The first-order valence-corrected chi connectivity index (χ1v) is 5.66. The third-order valence-corrected chi connectivity index (χ3v) is 3.09. The van der Waals surface area contributed by atoms with E-state index in [-0.39, 0.29) is 0 Å². The fraction of sp³-hybridized carbons (Fsp3) is 0.833. The molecule has 0 bridgehead atoms. The lowest BCUT2D eigenvalue weighted by molar-refractivity contribution is 0.763. The lowest BCUT2D eigenvalue weighted by Gasteiger charge is -2.01. The minimum atomic E-state index is 0.498. The van der Waals surface area contributed by atoms with E-state index in [1.165, 1.54) is 23.9 Å². The molecular formula is C6H12N2S2. The van der Waals surface area contributed by atoms with Crippen molar-refractivity contribution in [3.05, 3.63) is 0 Å². The first kappa shape index (κ1) is 8.27. The summed E-state index contributed by atoms with van der Waals surface area (Å²) >= 11 is 3.49. The van der Waals surface area contributed by atoms with Crippen LogP contribution in [0.5, 0.6) is 0 Å². The number of amidine groups is 1. The van der Waals surface area contributed by atoms with Crippen molar-refractivity contribution in [2.45, 2.75) is 12.5 Å². The molecule has 0 aliphatic carbocycles. The smallest absolute Gasteiger partial charge is 0.153 e. The third-order valence-electron chi connectivity index (χ3n) is 1.42. The number of nitrogens with two attached hydrogens (primary N) is 1. The van der Waals surface area contributed by atoms with E-state index in [0.717, 1.165) is 10.9 Å². The minimum Gasteiger partial charge on any atom is -0.379 e. The molecule has 0 aromatic rings. The van der Waals surface area contributed by atoms with Crippen molar-refractivity contribution in [3.63, 3.8) is 0 Å². The molecule has 0 radical (unpaired) electrons. The molecule has 1 fully saturated rings. The lowest BCUT2D eigenvalue weighted by atomic mass is 10.3. The monoisotopic (exact) mass is 176 g/mol. The molecule has 1 unspecified atom stereocenters.